The third-order valence-corrected chi connectivity index (χ3v) is 4.14. The number of rotatable bonds is 3. The molecule has 114 valence electrons. The number of aliphatic imine (C=N–C) groups is 1. The number of nitrogens with two attached hydrogens (primary N) is 1. The van der Waals surface area contributed by atoms with Crippen LogP contribution in [-0.2, 0) is 15.5 Å². The van der Waals surface area contributed by atoms with Gasteiger partial charge in [0, 0.05) is 36.1 Å². The predicted molar refractivity (Wildman–Crippen MR) is 81.3 cm³/mol. The highest BCUT2D eigenvalue weighted by Gasteiger charge is 2.45. The molecule has 2 aliphatic heterocycles. The lowest BCUT2D eigenvalue weighted by Gasteiger charge is -2.24. The fraction of sp³-hybridized carbons (Fsp3) is 0.500. The van der Waals surface area contributed by atoms with Gasteiger partial charge in [0.1, 0.15) is 0 Å². The second-order valence-electron chi connectivity index (χ2n) is 5.24. The molecule has 1 unspecified atom stereocenters. The van der Waals surface area contributed by atoms with Gasteiger partial charge in [0.25, 0.3) is 0 Å². The lowest BCUT2D eigenvalue weighted by Crippen LogP contribution is -2.35. The number of piperidine rings is 1. The number of hydrogen-bond acceptors (Lipinski definition) is 6. The molecule has 1 aromatic carbocycles. The van der Waals surface area contributed by atoms with Gasteiger partial charge in [0.15, 0.2) is 5.84 Å². The molecule has 1 saturated heterocycles. The second-order valence-corrected chi connectivity index (χ2v) is 5.55. The van der Waals surface area contributed by atoms with Crippen molar-refractivity contribution in [2.24, 2.45) is 10.9 Å². The predicted octanol–water partition coefficient (Wildman–Crippen LogP) is 1.82. The zero-order valence-corrected chi connectivity index (χ0v) is 12.6. The van der Waals surface area contributed by atoms with Crippen molar-refractivity contribution < 1.29 is 9.57 Å². The molecule has 7 heteroatoms. The van der Waals surface area contributed by atoms with Crippen LogP contribution in [0.3, 0.4) is 0 Å². The van der Waals surface area contributed by atoms with Crippen molar-refractivity contribution >= 4 is 23.3 Å². The number of hydroxylamine groups is 1. The lowest BCUT2D eigenvalue weighted by molar-refractivity contribution is -0.273. The van der Waals surface area contributed by atoms with E-state index in [-0.39, 0.29) is 5.92 Å². The van der Waals surface area contributed by atoms with Crippen LogP contribution in [-0.4, -0.2) is 30.6 Å². The highest BCUT2D eigenvalue weighted by Crippen LogP contribution is 2.38. The minimum Gasteiger partial charge on any atom is -0.399 e. The van der Waals surface area contributed by atoms with Crippen LogP contribution in [0.25, 0.3) is 0 Å². The highest BCUT2D eigenvalue weighted by molar-refractivity contribution is 6.21. The summed E-state index contributed by atoms with van der Waals surface area (Å²) in [6.45, 7) is 1.91. The summed E-state index contributed by atoms with van der Waals surface area (Å²) in [5.74, 6) is -0.234. The van der Waals surface area contributed by atoms with Crippen molar-refractivity contribution in [1.29, 1.82) is 0 Å². The van der Waals surface area contributed by atoms with Crippen LogP contribution in [0, 0.1) is 5.92 Å². The van der Waals surface area contributed by atoms with E-state index in [2.05, 4.69) is 10.3 Å². The largest absolute Gasteiger partial charge is 0.399 e. The molecule has 2 aliphatic rings. The molecule has 1 atom stereocenters. The van der Waals surface area contributed by atoms with Gasteiger partial charge in [-0.1, -0.05) is 0 Å². The van der Waals surface area contributed by atoms with Crippen LogP contribution < -0.4 is 11.1 Å². The first-order valence-corrected chi connectivity index (χ1v) is 7.35. The molecule has 6 nitrogen and oxygen atoms in total. The maximum absolute atomic E-state index is 6.21. The average molecular weight is 311 g/mol. The zero-order chi connectivity index (χ0) is 14.9. The number of halogens is 1. The van der Waals surface area contributed by atoms with Crippen LogP contribution in [0.5, 0.6) is 0 Å². The average Bonchev–Trinajstić information content (AvgIpc) is 2.87. The van der Waals surface area contributed by atoms with Crippen molar-refractivity contribution in [3.63, 3.8) is 0 Å². The summed E-state index contributed by atoms with van der Waals surface area (Å²) in [5.41, 5.74) is 7.15. The molecule has 0 radical (unpaired) electrons. The maximum atomic E-state index is 6.21. The molecule has 0 saturated carbocycles. The second kappa shape index (κ2) is 5.81. The third kappa shape index (κ3) is 2.72. The Morgan fingerprint density at radius 3 is 2.67 bits per heavy atom. The number of benzene rings is 1. The van der Waals surface area contributed by atoms with Gasteiger partial charge >= 0.3 is 5.91 Å². The van der Waals surface area contributed by atoms with Crippen molar-refractivity contribution in [3.05, 3.63) is 29.8 Å². The lowest BCUT2D eigenvalue weighted by atomic mass is 9.97. The highest BCUT2D eigenvalue weighted by atomic mass is 35.5. The van der Waals surface area contributed by atoms with Crippen LogP contribution in [0.2, 0.25) is 0 Å². The fourth-order valence-electron chi connectivity index (χ4n) is 2.69. The molecule has 21 heavy (non-hydrogen) atoms. The zero-order valence-electron chi connectivity index (χ0n) is 11.9. The van der Waals surface area contributed by atoms with Crippen molar-refractivity contribution in [2.45, 2.75) is 18.8 Å². The Hall–Kier alpha value is -1.34. The number of methoxy groups -OCH3 is 1. The molecule has 0 aromatic heterocycles. The van der Waals surface area contributed by atoms with E-state index in [4.69, 9.17) is 27.1 Å². The first-order valence-electron chi connectivity index (χ1n) is 7.01. The Balaban J connectivity index is 1.92. The van der Waals surface area contributed by atoms with Gasteiger partial charge in [-0.05, 0) is 50.2 Å². The van der Waals surface area contributed by atoms with Crippen LogP contribution in [0.1, 0.15) is 18.4 Å². The number of nitrogens with one attached hydrogen (secondary N) is 1. The first kappa shape index (κ1) is 14.6. The van der Waals surface area contributed by atoms with Gasteiger partial charge in [0.05, 0.1) is 0 Å². The number of ether oxygens (including phenoxy) is 1. The summed E-state index contributed by atoms with van der Waals surface area (Å²) in [4.78, 5) is 10.3. The molecule has 1 fully saturated rings. The third-order valence-electron chi connectivity index (χ3n) is 3.90. The molecule has 0 aliphatic carbocycles. The van der Waals surface area contributed by atoms with E-state index in [0.717, 1.165) is 37.3 Å². The summed E-state index contributed by atoms with van der Waals surface area (Å²) in [7, 11) is 1.55. The Kier molecular flexibility index (Phi) is 4.03. The number of anilines is 1. The quantitative estimate of drug-likeness (QED) is 0.658. The van der Waals surface area contributed by atoms with Gasteiger partial charge in [-0.2, -0.15) is 4.84 Å². The van der Waals surface area contributed by atoms with Crippen LogP contribution in [0.4, 0.5) is 5.69 Å². The van der Waals surface area contributed by atoms with Crippen LogP contribution >= 0.6 is 11.8 Å². The fourth-order valence-corrected chi connectivity index (χ4v) is 2.96. The summed E-state index contributed by atoms with van der Waals surface area (Å²) >= 11 is 6.21. The topological polar surface area (TPSA) is 72.1 Å². The van der Waals surface area contributed by atoms with E-state index >= 15 is 0 Å². The summed E-state index contributed by atoms with van der Waals surface area (Å²) in [6.07, 6.45) is 1.96. The van der Waals surface area contributed by atoms with E-state index in [1.54, 1.807) is 19.2 Å². The molecular weight excluding hydrogens is 292 g/mol. The van der Waals surface area contributed by atoms with Gasteiger partial charge in [-0.25, -0.2) is 4.99 Å². The minimum atomic E-state index is -1.23. The van der Waals surface area contributed by atoms with E-state index in [0.29, 0.717) is 5.69 Å². The first-order chi connectivity index (χ1) is 10.1. The Bertz CT molecular complexity index is 530. The molecule has 3 rings (SSSR count). The Labute approximate surface area is 128 Å². The molecule has 2 heterocycles. The summed E-state index contributed by atoms with van der Waals surface area (Å²) in [6, 6.07) is 7.24. The minimum absolute atomic E-state index is 0.273. The van der Waals surface area contributed by atoms with Gasteiger partial charge in [-0.15, -0.1) is 4.58 Å². The van der Waals surface area contributed by atoms with Crippen LogP contribution in [0.15, 0.2) is 29.3 Å². The maximum Gasteiger partial charge on any atom is 0.322 e. The number of nitrogen functional groups attached to an aromatic ring is 1. The molecule has 0 spiro atoms. The molecule has 3 N–H and O–H groups in total. The summed E-state index contributed by atoms with van der Waals surface area (Å²) < 4.78 is 6.74. The van der Waals surface area contributed by atoms with Gasteiger partial charge in [-0.3, -0.25) is 0 Å². The molecule has 0 bridgehead atoms. The molecule has 0 amide bonds. The van der Waals surface area contributed by atoms with E-state index < -0.39 is 5.91 Å². The number of hydrogen-bond donors (Lipinski definition) is 2. The van der Waals surface area contributed by atoms with Crippen molar-refractivity contribution in [2.75, 3.05) is 25.9 Å². The monoisotopic (exact) mass is 310 g/mol. The molecule has 1 aromatic rings. The SMILES string of the molecule is COC1(c2ccc(N)cc2)N=C(C2CCNCC2)N(Cl)O1. The molecular formula is C14H19ClN4O2. The van der Waals surface area contributed by atoms with Gasteiger partial charge in [0.2, 0.25) is 0 Å². The smallest absolute Gasteiger partial charge is 0.322 e. The van der Waals surface area contributed by atoms with Crippen molar-refractivity contribution in [3.8, 4) is 0 Å². The van der Waals surface area contributed by atoms with E-state index in [9.17, 15) is 0 Å². The number of amidine groups is 1. The standard InChI is InChI=1S/C14H19ClN4O2/c1-20-14(11-2-4-12(16)5-3-11)18-13(19(15)21-14)10-6-8-17-9-7-10/h2-5,10,17H,6-9,16H2,1H3. The normalized spacial score (nSPS) is 27.0. The van der Waals surface area contributed by atoms with E-state index in [1.807, 2.05) is 12.1 Å². The van der Waals surface area contributed by atoms with E-state index in [1.165, 1.54) is 4.58 Å². The number of nitrogens with zero attached hydrogens (tertiary/aromatic N) is 2. The van der Waals surface area contributed by atoms with Gasteiger partial charge < -0.3 is 15.8 Å². The Morgan fingerprint density at radius 2 is 2.05 bits per heavy atom. The Morgan fingerprint density at radius 1 is 1.38 bits per heavy atom. The summed E-state index contributed by atoms with van der Waals surface area (Å²) in [5, 5.41) is 3.32. The van der Waals surface area contributed by atoms with Crippen molar-refractivity contribution in [1.82, 2.24) is 9.90 Å².